The molecule has 0 saturated heterocycles. The minimum absolute atomic E-state index is 0.0857. The van der Waals surface area contributed by atoms with Crippen LogP contribution in [-0.2, 0) is 65.4 Å². The second-order valence-electron chi connectivity index (χ2n) is 24.2. The van der Waals surface area contributed by atoms with E-state index in [4.69, 9.17) is 37.0 Å². The molecule has 5 atom stereocenters. The summed E-state index contributed by atoms with van der Waals surface area (Å²) in [6.45, 7) is 4.85. The summed E-state index contributed by atoms with van der Waals surface area (Å²) in [5.74, 6) is -2.15. The average Bonchev–Trinajstić information content (AvgIpc) is 3.70. The van der Waals surface area contributed by atoms with Crippen molar-refractivity contribution in [2.45, 2.75) is 354 Å². The van der Waals surface area contributed by atoms with Gasteiger partial charge in [-0.1, -0.05) is 283 Å². The number of hydrogen-bond donors (Lipinski definition) is 3. The van der Waals surface area contributed by atoms with Crippen molar-refractivity contribution in [2.75, 3.05) is 39.6 Å². The lowest BCUT2D eigenvalue weighted by molar-refractivity contribution is -0.161. The van der Waals surface area contributed by atoms with Gasteiger partial charge in [0.05, 0.1) is 26.4 Å². The van der Waals surface area contributed by atoms with Gasteiger partial charge < -0.3 is 33.8 Å². The van der Waals surface area contributed by atoms with E-state index >= 15 is 0 Å². The zero-order valence-corrected chi connectivity index (χ0v) is 58.0. The maximum absolute atomic E-state index is 13.0. The van der Waals surface area contributed by atoms with E-state index in [-0.39, 0.29) is 25.7 Å². The van der Waals surface area contributed by atoms with E-state index in [1.165, 1.54) is 148 Å². The van der Waals surface area contributed by atoms with E-state index in [1.807, 2.05) is 0 Å². The molecule has 2 unspecified atom stereocenters. The fraction of sp³-hybridized carbons (Fsp3) is 0.884. The maximum atomic E-state index is 13.0. The van der Waals surface area contributed by atoms with Gasteiger partial charge in [-0.15, -0.1) is 0 Å². The Kier molecular flexibility index (Phi) is 61.5. The predicted molar refractivity (Wildman–Crippen MR) is 354 cm³/mol. The topological polar surface area (TPSA) is 237 Å². The van der Waals surface area contributed by atoms with Crippen LogP contribution < -0.4 is 0 Å². The van der Waals surface area contributed by atoms with Crippen LogP contribution in [0.5, 0.6) is 0 Å². The van der Waals surface area contributed by atoms with Gasteiger partial charge in [0.1, 0.15) is 19.3 Å². The van der Waals surface area contributed by atoms with E-state index in [0.717, 1.165) is 109 Å². The van der Waals surface area contributed by atoms with Crippen LogP contribution >= 0.6 is 15.6 Å². The fourth-order valence-electron chi connectivity index (χ4n) is 9.98. The number of carbonyl (C=O) groups is 4. The Hall–Kier alpha value is -2.46. The van der Waals surface area contributed by atoms with Crippen LogP contribution in [0.3, 0.4) is 0 Å². The third-order valence-corrected chi connectivity index (χ3v) is 17.4. The molecule has 0 aliphatic carbocycles. The first-order valence-corrected chi connectivity index (χ1v) is 38.6. The zero-order valence-electron chi connectivity index (χ0n) is 56.2. The highest BCUT2D eigenvalue weighted by molar-refractivity contribution is 7.47. The minimum atomic E-state index is -4.96. The molecule has 88 heavy (non-hydrogen) atoms. The van der Waals surface area contributed by atoms with Crippen molar-refractivity contribution in [3.63, 3.8) is 0 Å². The van der Waals surface area contributed by atoms with Gasteiger partial charge in [0.25, 0.3) is 0 Å². The molecule has 0 saturated carbocycles. The van der Waals surface area contributed by atoms with Crippen molar-refractivity contribution in [3.05, 3.63) is 24.3 Å². The molecule has 0 aliphatic heterocycles. The lowest BCUT2D eigenvalue weighted by atomic mass is 10.0. The van der Waals surface area contributed by atoms with Gasteiger partial charge in [0, 0.05) is 25.7 Å². The summed E-state index contributed by atoms with van der Waals surface area (Å²) >= 11 is 0. The molecule has 0 fully saturated rings. The van der Waals surface area contributed by atoms with Crippen molar-refractivity contribution in [1.29, 1.82) is 0 Å². The highest BCUT2D eigenvalue weighted by Crippen LogP contribution is 2.45. The van der Waals surface area contributed by atoms with Crippen LogP contribution in [0.25, 0.3) is 0 Å². The number of hydrogen-bond acceptors (Lipinski definition) is 15. The molecule has 0 aromatic rings. The highest BCUT2D eigenvalue weighted by atomic mass is 31.2. The number of aliphatic hydroxyl groups is 1. The summed E-state index contributed by atoms with van der Waals surface area (Å²) in [5.41, 5.74) is 0. The number of carbonyl (C=O) groups excluding carboxylic acids is 4. The molecule has 0 aliphatic rings. The van der Waals surface area contributed by atoms with Gasteiger partial charge in [-0.05, 0) is 51.4 Å². The Balaban J connectivity index is 5.26. The van der Waals surface area contributed by atoms with Crippen LogP contribution in [0, 0.1) is 0 Å². The molecular weight excluding hydrogens is 1160 g/mol. The van der Waals surface area contributed by atoms with E-state index in [0.29, 0.717) is 25.7 Å². The molecular formula is C69H130O17P2. The summed E-state index contributed by atoms with van der Waals surface area (Å²) in [7, 11) is -9.90. The first-order chi connectivity index (χ1) is 42.7. The summed E-state index contributed by atoms with van der Waals surface area (Å²) < 4.78 is 68.1. The van der Waals surface area contributed by atoms with Gasteiger partial charge in [-0.3, -0.25) is 37.3 Å². The lowest BCUT2D eigenvalue weighted by Crippen LogP contribution is -2.30. The number of phosphoric ester groups is 2. The van der Waals surface area contributed by atoms with E-state index in [2.05, 4.69) is 52.0 Å². The molecule has 0 spiro atoms. The number of allylic oxidation sites excluding steroid dienone is 4. The number of aliphatic hydroxyl groups excluding tert-OH is 1. The van der Waals surface area contributed by atoms with Crippen molar-refractivity contribution in [1.82, 2.24) is 0 Å². The third kappa shape index (κ3) is 62.4. The van der Waals surface area contributed by atoms with E-state index in [1.54, 1.807) is 0 Å². The Bertz CT molecular complexity index is 1780. The standard InChI is InChI=1S/C69H130O17P2/c1-5-9-13-17-21-25-28-31-32-34-37-40-44-48-52-56-69(74)86-65(60-80-67(72)54-50-46-42-38-36-33-29-26-22-18-14-10-6-2)62-84-88(77,78)82-58-63(70)57-81-87(75,76)83-61-64(59-79-66(71)53-49-45-41-24-20-16-12-8-4)85-68(73)55-51-47-43-39-35-30-27-23-19-15-11-7-3/h25,28,31-32,63-65,70H,5-24,26-27,29-30,33-62H2,1-4H3,(H,75,76)(H,77,78)/b28-25-,32-31-/t63-,64+,65+/m0/s1. The third-order valence-electron chi connectivity index (χ3n) is 15.5. The Labute approximate surface area is 535 Å². The normalized spacial score (nSPS) is 14.2. The second-order valence-corrected chi connectivity index (χ2v) is 27.1. The molecule has 0 radical (unpaired) electrons. The van der Waals surface area contributed by atoms with Gasteiger partial charge in [0.15, 0.2) is 12.2 Å². The van der Waals surface area contributed by atoms with Crippen LogP contribution in [0.4, 0.5) is 0 Å². The highest BCUT2D eigenvalue weighted by Gasteiger charge is 2.30. The lowest BCUT2D eigenvalue weighted by Gasteiger charge is -2.21. The number of esters is 4. The molecule has 19 heteroatoms. The van der Waals surface area contributed by atoms with Crippen molar-refractivity contribution in [2.24, 2.45) is 0 Å². The monoisotopic (exact) mass is 1290 g/mol. The quantitative estimate of drug-likeness (QED) is 0.0169. The number of phosphoric acid groups is 2. The smallest absolute Gasteiger partial charge is 0.462 e. The number of ether oxygens (including phenoxy) is 4. The molecule has 0 amide bonds. The van der Waals surface area contributed by atoms with Crippen LogP contribution in [-0.4, -0.2) is 96.7 Å². The first kappa shape index (κ1) is 85.5. The molecule has 0 aromatic carbocycles. The van der Waals surface area contributed by atoms with Crippen molar-refractivity contribution in [3.8, 4) is 0 Å². The molecule has 3 N–H and O–H groups in total. The Morgan fingerprint density at radius 3 is 0.830 bits per heavy atom. The van der Waals surface area contributed by atoms with Crippen LogP contribution in [0.1, 0.15) is 336 Å². The summed E-state index contributed by atoms with van der Waals surface area (Å²) in [6.07, 6.45) is 53.4. The summed E-state index contributed by atoms with van der Waals surface area (Å²) in [6, 6.07) is 0. The Morgan fingerprint density at radius 1 is 0.318 bits per heavy atom. The zero-order chi connectivity index (χ0) is 64.7. The largest absolute Gasteiger partial charge is 0.472 e. The minimum Gasteiger partial charge on any atom is -0.462 e. The summed E-state index contributed by atoms with van der Waals surface area (Å²) in [4.78, 5) is 72.4. The maximum Gasteiger partial charge on any atom is 0.472 e. The molecule has 518 valence electrons. The predicted octanol–water partition coefficient (Wildman–Crippen LogP) is 19.4. The molecule has 17 nitrogen and oxygen atoms in total. The average molecular weight is 1290 g/mol. The number of rotatable bonds is 68. The van der Waals surface area contributed by atoms with Crippen molar-refractivity contribution < 1.29 is 80.2 Å². The molecule has 0 aromatic heterocycles. The van der Waals surface area contributed by atoms with Gasteiger partial charge >= 0.3 is 39.5 Å². The van der Waals surface area contributed by atoms with Crippen LogP contribution in [0.15, 0.2) is 24.3 Å². The van der Waals surface area contributed by atoms with E-state index in [9.17, 15) is 43.2 Å². The van der Waals surface area contributed by atoms with Gasteiger partial charge in [-0.2, -0.15) is 0 Å². The Morgan fingerprint density at radius 2 is 0.545 bits per heavy atom. The van der Waals surface area contributed by atoms with Gasteiger partial charge in [-0.25, -0.2) is 9.13 Å². The molecule has 0 heterocycles. The number of unbranched alkanes of at least 4 members (excludes halogenated alkanes) is 39. The van der Waals surface area contributed by atoms with Crippen molar-refractivity contribution >= 4 is 39.5 Å². The molecule has 0 rings (SSSR count). The SMILES string of the molecule is CCCCCC/C=C\C=C/CCCCCCCC(=O)O[C@H](COC(=O)CCCCCCCCCCCCCCC)COP(=O)(O)OC[C@@H](O)COP(=O)(O)OC[C@@H](COC(=O)CCCCCCCCCC)OC(=O)CCCCCCCCCCCCCC. The van der Waals surface area contributed by atoms with E-state index < -0.39 is 97.5 Å². The second kappa shape index (κ2) is 63.3. The van der Waals surface area contributed by atoms with Crippen LogP contribution in [0.2, 0.25) is 0 Å². The first-order valence-electron chi connectivity index (χ1n) is 35.6. The summed E-state index contributed by atoms with van der Waals surface area (Å²) in [5, 5.41) is 10.6. The van der Waals surface area contributed by atoms with Gasteiger partial charge in [0.2, 0.25) is 0 Å². The molecule has 0 bridgehead atoms. The fourth-order valence-corrected chi connectivity index (χ4v) is 11.6.